The standard InChI is InChI=1S/C22H24N2O4/c1-27-20-11-5-2-7-17(20)14-24-21(25)15-28-22(26)12-6-8-16-13-23-19-10-4-3-9-18(16)19/h2-5,7,9-11,13,23H,6,8,12,14-15H2,1H3,(H,24,25). The number of fused-ring (bicyclic) bond motifs is 1. The van der Waals surface area contributed by atoms with Crippen molar-refractivity contribution in [3.8, 4) is 5.75 Å². The van der Waals surface area contributed by atoms with Crippen molar-refractivity contribution in [2.45, 2.75) is 25.8 Å². The van der Waals surface area contributed by atoms with Crippen LogP contribution >= 0.6 is 0 Å². The molecule has 28 heavy (non-hydrogen) atoms. The van der Waals surface area contributed by atoms with Crippen LogP contribution < -0.4 is 10.1 Å². The van der Waals surface area contributed by atoms with Crippen molar-refractivity contribution in [2.24, 2.45) is 0 Å². The molecule has 0 fully saturated rings. The van der Waals surface area contributed by atoms with Crippen LogP contribution in [0.5, 0.6) is 5.75 Å². The molecular weight excluding hydrogens is 356 g/mol. The third kappa shape index (κ3) is 5.13. The molecule has 1 heterocycles. The molecule has 0 bridgehead atoms. The molecule has 0 unspecified atom stereocenters. The minimum atomic E-state index is -0.368. The number of aromatic amines is 1. The highest BCUT2D eigenvalue weighted by Crippen LogP contribution is 2.19. The molecule has 0 aliphatic rings. The summed E-state index contributed by atoms with van der Waals surface area (Å²) in [6, 6.07) is 15.5. The lowest BCUT2D eigenvalue weighted by molar-refractivity contribution is -0.148. The molecule has 0 saturated heterocycles. The number of esters is 1. The number of carbonyl (C=O) groups excluding carboxylic acids is 2. The predicted molar refractivity (Wildman–Crippen MR) is 107 cm³/mol. The minimum Gasteiger partial charge on any atom is -0.496 e. The van der Waals surface area contributed by atoms with E-state index in [-0.39, 0.29) is 24.9 Å². The number of methoxy groups -OCH3 is 1. The number of H-pyrrole nitrogens is 1. The fraction of sp³-hybridized carbons (Fsp3) is 0.273. The lowest BCUT2D eigenvalue weighted by atomic mass is 10.1. The second-order valence-corrected chi connectivity index (χ2v) is 6.46. The van der Waals surface area contributed by atoms with Gasteiger partial charge in [-0.2, -0.15) is 0 Å². The van der Waals surface area contributed by atoms with E-state index in [2.05, 4.69) is 16.4 Å². The molecule has 6 heteroatoms. The van der Waals surface area contributed by atoms with Crippen LogP contribution in [0.4, 0.5) is 0 Å². The number of aryl methyl sites for hydroxylation is 1. The van der Waals surface area contributed by atoms with Crippen molar-refractivity contribution in [2.75, 3.05) is 13.7 Å². The van der Waals surface area contributed by atoms with E-state index >= 15 is 0 Å². The molecule has 2 aromatic carbocycles. The van der Waals surface area contributed by atoms with Crippen LogP contribution in [0.1, 0.15) is 24.0 Å². The lowest BCUT2D eigenvalue weighted by Gasteiger charge is -2.10. The Morgan fingerprint density at radius 3 is 2.68 bits per heavy atom. The molecule has 3 aromatic rings. The summed E-state index contributed by atoms with van der Waals surface area (Å²) >= 11 is 0. The third-order valence-electron chi connectivity index (χ3n) is 4.53. The van der Waals surface area contributed by atoms with Crippen molar-refractivity contribution in [1.82, 2.24) is 10.3 Å². The molecule has 0 spiro atoms. The summed E-state index contributed by atoms with van der Waals surface area (Å²) in [6.07, 6.45) is 3.70. The first-order valence-corrected chi connectivity index (χ1v) is 9.26. The number of ether oxygens (including phenoxy) is 2. The molecule has 0 aliphatic heterocycles. The fourth-order valence-electron chi connectivity index (χ4n) is 3.07. The number of carbonyl (C=O) groups is 2. The fourth-order valence-corrected chi connectivity index (χ4v) is 3.07. The van der Waals surface area contributed by atoms with Crippen molar-refractivity contribution in [1.29, 1.82) is 0 Å². The van der Waals surface area contributed by atoms with Crippen LogP contribution in [0.15, 0.2) is 54.7 Å². The van der Waals surface area contributed by atoms with E-state index in [1.807, 2.05) is 48.7 Å². The monoisotopic (exact) mass is 380 g/mol. The quantitative estimate of drug-likeness (QED) is 0.558. The van der Waals surface area contributed by atoms with Gasteiger partial charge in [0.2, 0.25) is 0 Å². The van der Waals surface area contributed by atoms with E-state index in [9.17, 15) is 9.59 Å². The van der Waals surface area contributed by atoms with Crippen LogP contribution in [0, 0.1) is 0 Å². The zero-order valence-electron chi connectivity index (χ0n) is 15.9. The third-order valence-corrected chi connectivity index (χ3v) is 4.53. The van der Waals surface area contributed by atoms with Gasteiger partial charge in [0.15, 0.2) is 6.61 Å². The molecule has 3 rings (SSSR count). The van der Waals surface area contributed by atoms with Crippen molar-refractivity contribution in [3.05, 3.63) is 65.9 Å². The van der Waals surface area contributed by atoms with Gasteiger partial charge in [-0.1, -0.05) is 36.4 Å². The number of aromatic nitrogens is 1. The highest BCUT2D eigenvalue weighted by Gasteiger charge is 2.10. The predicted octanol–water partition coefficient (Wildman–Crippen LogP) is 3.36. The Balaban J connectivity index is 1.36. The molecule has 0 radical (unpaired) electrons. The number of hydrogen-bond acceptors (Lipinski definition) is 4. The van der Waals surface area contributed by atoms with Gasteiger partial charge in [-0.05, 0) is 30.5 Å². The summed E-state index contributed by atoms with van der Waals surface area (Å²) in [4.78, 5) is 27.0. The van der Waals surface area contributed by atoms with Gasteiger partial charge in [-0.15, -0.1) is 0 Å². The van der Waals surface area contributed by atoms with E-state index in [1.165, 1.54) is 10.9 Å². The average molecular weight is 380 g/mol. The summed E-state index contributed by atoms with van der Waals surface area (Å²) in [5.41, 5.74) is 3.13. The van der Waals surface area contributed by atoms with Gasteiger partial charge in [-0.3, -0.25) is 9.59 Å². The maximum Gasteiger partial charge on any atom is 0.306 e. The van der Waals surface area contributed by atoms with Gasteiger partial charge < -0.3 is 19.8 Å². The van der Waals surface area contributed by atoms with Gasteiger partial charge in [-0.25, -0.2) is 0 Å². The number of rotatable bonds is 9. The molecule has 0 atom stereocenters. The summed E-state index contributed by atoms with van der Waals surface area (Å²) < 4.78 is 10.3. The van der Waals surface area contributed by atoms with Crippen LogP contribution in [-0.2, 0) is 27.3 Å². The van der Waals surface area contributed by atoms with Crippen LogP contribution in [-0.4, -0.2) is 30.6 Å². The summed E-state index contributed by atoms with van der Waals surface area (Å²) in [5.74, 6) is 0.000225. The smallest absolute Gasteiger partial charge is 0.306 e. The second kappa shape index (κ2) is 9.60. The summed E-state index contributed by atoms with van der Waals surface area (Å²) in [5, 5.41) is 3.90. The van der Waals surface area contributed by atoms with E-state index in [0.29, 0.717) is 18.7 Å². The number of nitrogens with one attached hydrogen (secondary N) is 2. The summed E-state index contributed by atoms with van der Waals surface area (Å²) in [6.45, 7) is 0.0437. The number of hydrogen-bond donors (Lipinski definition) is 2. The van der Waals surface area contributed by atoms with Gasteiger partial charge in [0.25, 0.3) is 5.91 Å². The Morgan fingerprint density at radius 2 is 1.82 bits per heavy atom. The first-order valence-electron chi connectivity index (χ1n) is 9.26. The van der Waals surface area contributed by atoms with E-state index < -0.39 is 0 Å². The Hall–Kier alpha value is -3.28. The van der Waals surface area contributed by atoms with Gasteiger partial charge in [0.1, 0.15) is 5.75 Å². The lowest BCUT2D eigenvalue weighted by Crippen LogP contribution is -2.28. The molecule has 0 saturated carbocycles. The van der Waals surface area contributed by atoms with E-state index in [0.717, 1.165) is 17.5 Å². The maximum absolute atomic E-state index is 11.9. The van der Waals surface area contributed by atoms with Gasteiger partial charge in [0, 0.05) is 35.6 Å². The SMILES string of the molecule is COc1ccccc1CNC(=O)COC(=O)CCCc1c[nH]c2ccccc12. The maximum atomic E-state index is 11.9. The Labute approximate surface area is 163 Å². The molecule has 1 amide bonds. The van der Waals surface area contributed by atoms with Crippen LogP contribution in [0.2, 0.25) is 0 Å². The molecule has 146 valence electrons. The second-order valence-electron chi connectivity index (χ2n) is 6.46. The Kier molecular flexibility index (Phi) is 6.68. The van der Waals surface area contributed by atoms with Crippen LogP contribution in [0.25, 0.3) is 10.9 Å². The molecule has 1 aromatic heterocycles. The topological polar surface area (TPSA) is 80.4 Å². The number of benzene rings is 2. The molecule has 0 aliphatic carbocycles. The highest BCUT2D eigenvalue weighted by molar-refractivity contribution is 5.83. The van der Waals surface area contributed by atoms with Crippen molar-refractivity contribution < 1.29 is 19.1 Å². The number of para-hydroxylation sites is 2. The van der Waals surface area contributed by atoms with Gasteiger partial charge >= 0.3 is 5.97 Å². The molecule has 2 N–H and O–H groups in total. The van der Waals surface area contributed by atoms with Crippen molar-refractivity contribution >= 4 is 22.8 Å². The van der Waals surface area contributed by atoms with Gasteiger partial charge in [0.05, 0.1) is 7.11 Å². The van der Waals surface area contributed by atoms with Crippen LogP contribution in [0.3, 0.4) is 0 Å². The molecular formula is C22H24N2O4. The number of amides is 1. The molecule has 6 nitrogen and oxygen atoms in total. The first-order chi connectivity index (χ1) is 13.7. The zero-order valence-corrected chi connectivity index (χ0v) is 15.9. The normalized spacial score (nSPS) is 10.6. The van der Waals surface area contributed by atoms with E-state index in [1.54, 1.807) is 7.11 Å². The van der Waals surface area contributed by atoms with Crippen molar-refractivity contribution in [3.63, 3.8) is 0 Å². The Bertz CT molecular complexity index is 948. The largest absolute Gasteiger partial charge is 0.496 e. The highest BCUT2D eigenvalue weighted by atomic mass is 16.5. The zero-order chi connectivity index (χ0) is 19.8. The first kappa shape index (κ1) is 19.5. The average Bonchev–Trinajstić information content (AvgIpc) is 3.14. The van der Waals surface area contributed by atoms with E-state index in [4.69, 9.17) is 9.47 Å². The Morgan fingerprint density at radius 1 is 1.04 bits per heavy atom. The minimum absolute atomic E-state index is 0.277. The summed E-state index contributed by atoms with van der Waals surface area (Å²) in [7, 11) is 1.58.